The van der Waals surface area contributed by atoms with Gasteiger partial charge < -0.3 is 5.32 Å². The second kappa shape index (κ2) is 4.97. The Kier molecular flexibility index (Phi) is 3.39. The number of H-pyrrole nitrogens is 1. The van der Waals surface area contributed by atoms with Crippen molar-refractivity contribution in [1.82, 2.24) is 20.1 Å². The minimum absolute atomic E-state index is 0.224. The van der Waals surface area contributed by atoms with E-state index in [0.717, 1.165) is 17.8 Å². The third kappa shape index (κ3) is 2.45. The minimum atomic E-state index is -0.224. The minimum Gasteiger partial charge on any atom is -0.310 e. The largest absolute Gasteiger partial charge is 0.347 e. The summed E-state index contributed by atoms with van der Waals surface area (Å²) >= 11 is 0. The molecule has 2 N–H and O–H groups in total. The first-order valence-electron chi connectivity index (χ1n) is 5.68. The zero-order valence-corrected chi connectivity index (χ0v) is 9.97. The van der Waals surface area contributed by atoms with E-state index in [4.69, 9.17) is 0 Å². The fraction of sp³-hybridized carbons (Fsp3) is 0.333. The molecule has 1 aromatic carbocycles. The summed E-state index contributed by atoms with van der Waals surface area (Å²) in [6.07, 6.45) is 1.49. The predicted molar refractivity (Wildman–Crippen MR) is 66.3 cm³/mol. The molecule has 0 aliphatic rings. The molecule has 5 heteroatoms. The number of hydrogen-bond acceptors (Lipinski definition) is 3. The summed E-state index contributed by atoms with van der Waals surface area (Å²) < 4.78 is 1.49. The summed E-state index contributed by atoms with van der Waals surface area (Å²) in [5, 5.41) is 9.44. The maximum absolute atomic E-state index is 11.5. The number of benzene rings is 1. The van der Waals surface area contributed by atoms with E-state index in [-0.39, 0.29) is 11.7 Å². The van der Waals surface area contributed by atoms with E-state index in [9.17, 15) is 4.79 Å². The molecular weight excluding hydrogens is 216 g/mol. The SMILES string of the molecule is CCNC(C)c1cccc(-n2cn[nH]c2=O)c1. The van der Waals surface area contributed by atoms with Gasteiger partial charge in [0, 0.05) is 6.04 Å². The summed E-state index contributed by atoms with van der Waals surface area (Å²) in [6, 6.07) is 8.13. The Balaban J connectivity index is 2.35. The van der Waals surface area contributed by atoms with Gasteiger partial charge in [0.2, 0.25) is 0 Å². The summed E-state index contributed by atoms with van der Waals surface area (Å²) in [6.45, 7) is 5.08. The number of rotatable bonds is 4. The number of hydrogen-bond donors (Lipinski definition) is 2. The van der Waals surface area contributed by atoms with Crippen molar-refractivity contribution in [2.24, 2.45) is 0 Å². The molecule has 1 atom stereocenters. The van der Waals surface area contributed by atoms with Gasteiger partial charge in [0.1, 0.15) is 6.33 Å². The summed E-state index contributed by atoms with van der Waals surface area (Å²) in [7, 11) is 0. The van der Waals surface area contributed by atoms with Crippen LogP contribution in [0, 0.1) is 0 Å². The average Bonchev–Trinajstić information content (AvgIpc) is 2.76. The Hall–Kier alpha value is -1.88. The molecule has 0 spiro atoms. The van der Waals surface area contributed by atoms with Gasteiger partial charge in [-0.3, -0.25) is 0 Å². The Bertz CT molecular complexity index is 543. The second-order valence-corrected chi connectivity index (χ2v) is 3.91. The van der Waals surface area contributed by atoms with Gasteiger partial charge in [0.05, 0.1) is 5.69 Å². The molecule has 1 unspecified atom stereocenters. The van der Waals surface area contributed by atoms with Gasteiger partial charge in [0.25, 0.3) is 0 Å². The lowest BCUT2D eigenvalue weighted by molar-refractivity contribution is 0.598. The molecule has 0 fully saturated rings. The quantitative estimate of drug-likeness (QED) is 0.833. The first-order valence-corrected chi connectivity index (χ1v) is 5.68. The van der Waals surface area contributed by atoms with E-state index in [1.54, 1.807) is 0 Å². The Morgan fingerprint density at radius 3 is 3.00 bits per heavy atom. The van der Waals surface area contributed by atoms with Gasteiger partial charge >= 0.3 is 5.69 Å². The maximum Gasteiger partial charge on any atom is 0.347 e. The Labute approximate surface area is 99.5 Å². The molecule has 0 bridgehead atoms. The highest BCUT2D eigenvalue weighted by Crippen LogP contribution is 2.15. The predicted octanol–water partition coefficient (Wildman–Crippen LogP) is 1.23. The normalized spacial score (nSPS) is 12.6. The van der Waals surface area contributed by atoms with Crippen LogP contribution in [0.2, 0.25) is 0 Å². The van der Waals surface area contributed by atoms with Crippen LogP contribution in [-0.2, 0) is 0 Å². The molecule has 1 heterocycles. The first-order chi connectivity index (χ1) is 8.22. The molecule has 0 aliphatic carbocycles. The lowest BCUT2D eigenvalue weighted by atomic mass is 10.1. The van der Waals surface area contributed by atoms with Gasteiger partial charge in [-0.25, -0.2) is 14.5 Å². The second-order valence-electron chi connectivity index (χ2n) is 3.91. The molecule has 90 valence electrons. The van der Waals surface area contributed by atoms with Crippen molar-refractivity contribution in [2.75, 3.05) is 6.54 Å². The highest BCUT2D eigenvalue weighted by atomic mass is 16.1. The zero-order valence-electron chi connectivity index (χ0n) is 9.97. The Morgan fingerprint density at radius 1 is 1.53 bits per heavy atom. The summed E-state index contributed by atoms with van der Waals surface area (Å²) in [4.78, 5) is 11.5. The van der Waals surface area contributed by atoms with Gasteiger partial charge in [-0.1, -0.05) is 19.1 Å². The monoisotopic (exact) mass is 232 g/mol. The molecular formula is C12H16N4O. The lowest BCUT2D eigenvalue weighted by Crippen LogP contribution is -2.18. The smallest absolute Gasteiger partial charge is 0.310 e. The van der Waals surface area contributed by atoms with Crippen molar-refractivity contribution in [2.45, 2.75) is 19.9 Å². The van der Waals surface area contributed by atoms with Crippen molar-refractivity contribution < 1.29 is 0 Å². The molecule has 1 aromatic heterocycles. The number of nitrogens with one attached hydrogen (secondary N) is 2. The van der Waals surface area contributed by atoms with E-state index in [1.165, 1.54) is 10.9 Å². The van der Waals surface area contributed by atoms with Crippen LogP contribution in [0.25, 0.3) is 5.69 Å². The molecule has 0 saturated heterocycles. The van der Waals surface area contributed by atoms with Crippen molar-refractivity contribution in [1.29, 1.82) is 0 Å². The topological polar surface area (TPSA) is 62.7 Å². The van der Waals surface area contributed by atoms with Crippen LogP contribution in [0.1, 0.15) is 25.5 Å². The molecule has 5 nitrogen and oxygen atoms in total. The summed E-state index contributed by atoms with van der Waals surface area (Å²) in [5.74, 6) is 0. The van der Waals surface area contributed by atoms with E-state index in [0.29, 0.717) is 0 Å². The molecule has 0 saturated carbocycles. The molecule has 0 radical (unpaired) electrons. The average molecular weight is 232 g/mol. The van der Waals surface area contributed by atoms with E-state index in [1.807, 2.05) is 24.3 Å². The zero-order chi connectivity index (χ0) is 12.3. The van der Waals surface area contributed by atoms with Crippen LogP contribution < -0.4 is 11.0 Å². The maximum atomic E-state index is 11.5. The van der Waals surface area contributed by atoms with Crippen molar-refractivity contribution in [3.05, 3.63) is 46.6 Å². The van der Waals surface area contributed by atoms with Crippen molar-refractivity contribution >= 4 is 0 Å². The van der Waals surface area contributed by atoms with E-state index >= 15 is 0 Å². The van der Waals surface area contributed by atoms with E-state index in [2.05, 4.69) is 29.4 Å². The first kappa shape index (κ1) is 11.6. The highest BCUT2D eigenvalue weighted by molar-refractivity contribution is 5.36. The van der Waals surface area contributed by atoms with Crippen LogP contribution in [0.5, 0.6) is 0 Å². The highest BCUT2D eigenvalue weighted by Gasteiger charge is 2.06. The van der Waals surface area contributed by atoms with Crippen LogP contribution >= 0.6 is 0 Å². The van der Waals surface area contributed by atoms with Crippen molar-refractivity contribution in [3.63, 3.8) is 0 Å². The van der Waals surface area contributed by atoms with Crippen molar-refractivity contribution in [3.8, 4) is 5.69 Å². The third-order valence-corrected chi connectivity index (χ3v) is 2.71. The molecule has 0 aliphatic heterocycles. The van der Waals surface area contributed by atoms with Gasteiger partial charge in [-0.15, -0.1) is 0 Å². The Morgan fingerprint density at radius 2 is 2.35 bits per heavy atom. The van der Waals surface area contributed by atoms with Gasteiger partial charge in [-0.2, -0.15) is 5.10 Å². The molecule has 0 amide bonds. The van der Waals surface area contributed by atoms with Crippen LogP contribution in [0.15, 0.2) is 35.4 Å². The fourth-order valence-electron chi connectivity index (χ4n) is 1.80. The third-order valence-electron chi connectivity index (χ3n) is 2.71. The fourth-order valence-corrected chi connectivity index (χ4v) is 1.80. The number of aromatic amines is 1. The number of nitrogens with zero attached hydrogens (tertiary/aromatic N) is 2. The van der Waals surface area contributed by atoms with E-state index < -0.39 is 0 Å². The summed E-state index contributed by atoms with van der Waals surface area (Å²) in [5.41, 5.74) is 1.75. The molecule has 2 aromatic rings. The van der Waals surface area contributed by atoms with Crippen LogP contribution in [0.3, 0.4) is 0 Å². The standard InChI is InChI=1S/C12H16N4O/c1-3-13-9(2)10-5-4-6-11(7-10)16-8-14-15-12(16)17/h4-9,13H,3H2,1-2H3,(H,15,17). The van der Waals surface area contributed by atoms with Crippen LogP contribution in [-0.4, -0.2) is 21.3 Å². The number of aromatic nitrogens is 3. The van der Waals surface area contributed by atoms with Crippen LogP contribution in [0.4, 0.5) is 0 Å². The van der Waals surface area contributed by atoms with Gasteiger partial charge in [-0.05, 0) is 31.2 Å². The van der Waals surface area contributed by atoms with Gasteiger partial charge in [0.15, 0.2) is 0 Å². The lowest BCUT2D eigenvalue weighted by Gasteiger charge is -2.13. The molecule has 17 heavy (non-hydrogen) atoms. The molecule has 2 rings (SSSR count).